The maximum atomic E-state index is 5.70. The second kappa shape index (κ2) is 9.20. The van der Waals surface area contributed by atoms with Crippen LogP contribution >= 0.6 is 0 Å². The SMILES string of the molecule is C[Si](C)(C)OCC1=[C-]CC=C1.[Cl-].[Cl-].[Ti+3]. The zero-order valence-corrected chi connectivity index (χ0v) is 12.8. The third kappa shape index (κ3) is 9.50. The van der Waals surface area contributed by atoms with E-state index < -0.39 is 8.32 Å². The van der Waals surface area contributed by atoms with Gasteiger partial charge in [-0.2, -0.15) is 11.6 Å². The molecule has 0 aromatic carbocycles. The molecule has 0 atom stereocenters. The molecule has 0 unspecified atom stereocenters. The second-order valence-corrected chi connectivity index (χ2v) is 8.22. The van der Waals surface area contributed by atoms with E-state index in [1.807, 2.05) is 0 Å². The summed E-state index contributed by atoms with van der Waals surface area (Å²) in [6, 6.07) is 0. The van der Waals surface area contributed by atoms with Gasteiger partial charge in [0, 0.05) is 6.61 Å². The average Bonchev–Trinajstić information content (AvgIpc) is 2.32. The van der Waals surface area contributed by atoms with Gasteiger partial charge < -0.3 is 29.2 Å². The third-order valence-corrected chi connectivity index (χ3v) is 2.44. The van der Waals surface area contributed by atoms with Crippen LogP contribution in [-0.4, -0.2) is 14.9 Å². The predicted molar refractivity (Wildman–Crippen MR) is 49.8 cm³/mol. The van der Waals surface area contributed by atoms with Crippen LogP contribution in [0.1, 0.15) is 6.42 Å². The van der Waals surface area contributed by atoms with Crippen LogP contribution < -0.4 is 24.8 Å². The molecule has 1 aliphatic rings. The van der Waals surface area contributed by atoms with E-state index in [9.17, 15) is 0 Å². The fourth-order valence-electron chi connectivity index (χ4n) is 0.844. The maximum absolute atomic E-state index is 5.70. The first-order valence-electron chi connectivity index (χ1n) is 3.98. The van der Waals surface area contributed by atoms with Crippen LogP contribution in [0.5, 0.6) is 0 Å². The van der Waals surface area contributed by atoms with Gasteiger partial charge in [-0.3, -0.25) is 6.08 Å². The van der Waals surface area contributed by atoms with Crippen molar-refractivity contribution >= 4 is 8.32 Å². The van der Waals surface area contributed by atoms with E-state index in [4.69, 9.17) is 4.43 Å². The van der Waals surface area contributed by atoms with Crippen LogP contribution in [0, 0.1) is 6.08 Å². The summed E-state index contributed by atoms with van der Waals surface area (Å²) in [5, 5.41) is 0. The van der Waals surface area contributed by atoms with E-state index >= 15 is 0 Å². The molecule has 1 radical (unpaired) electrons. The molecule has 1 aliphatic carbocycles. The molecule has 0 bridgehead atoms. The second-order valence-electron chi connectivity index (χ2n) is 3.71. The molecule has 14 heavy (non-hydrogen) atoms. The number of halogens is 2. The number of rotatable bonds is 3. The Bertz CT molecular complexity index is 199. The first kappa shape index (κ1) is 20.4. The molecule has 0 fully saturated rings. The molecular weight excluding hydrogens is 271 g/mol. The molecule has 79 valence electrons. The summed E-state index contributed by atoms with van der Waals surface area (Å²) >= 11 is 0. The van der Waals surface area contributed by atoms with E-state index in [2.05, 4.69) is 37.9 Å². The Morgan fingerprint density at radius 1 is 1.36 bits per heavy atom. The smallest absolute Gasteiger partial charge is 1.00 e. The fraction of sp³-hybridized carbons (Fsp3) is 0.556. The summed E-state index contributed by atoms with van der Waals surface area (Å²) in [5.74, 6) is 0. The van der Waals surface area contributed by atoms with Crippen LogP contribution in [0.2, 0.25) is 19.6 Å². The maximum Gasteiger partial charge on any atom is 3.00 e. The normalized spacial score (nSPS) is 13.5. The van der Waals surface area contributed by atoms with Crippen molar-refractivity contribution in [1.82, 2.24) is 0 Å². The molecule has 0 aliphatic heterocycles. The average molecular weight is 286 g/mol. The van der Waals surface area contributed by atoms with Crippen LogP contribution in [0.25, 0.3) is 0 Å². The Hall–Kier alpha value is 0.951. The molecule has 0 N–H and O–H groups in total. The van der Waals surface area contributed by atoms with Crippen molar-refractivity contribution in [1.29, 1.82) is 0 Å². The van der Waals surface area contributed by atoms with Gasteiger partial charge in [-0.05, 0) is 19.6 Å². The van der Waals surface area contributed by atoms with Gasteiger partial charge >= 0.3 is 21.7 Å². The molecule has 0 aromatic rings. The van der Waals surface area contributed by atoms with E-state index in [1.54, 1.807) is 0 Å². The monoisotopic (exact) mass is 285 g/mol. The third-order valence-electron chi connectivity index (χ3n) is 1.43. The Labute approximate surface area is 115 Å². The Balaban J connectivity index is -0.000000403. The van der Waals surface area contributed by atoms with Crippen LogP contribution in [-0.2, 0) is 26.1 Å². The number of hydrogen-bond acceptors (Lipinski definition) is 1. The van der Waals surface area contributed by atoms with Gasteiger partial charge in [0.05, 0.1) is 0 Å². The zero-order chi connectivity index (χ0) is 8.32. The Morgan fingerprint density at radius 2 is 1.93 bits per heavy atom. The van der Waals surface area contributed by atoms with E-state index in [0.717, 1.165) is 13.0 Å². The zero-order valence-electron chi connectivity index (χ0n) is 8.73. The first-order valence-corrected chi connectivity index (χ1v) is 7.39. The first-order chi connectivity index (χ1) is 5.08. The molecule has 0 saturated heterocycles. The van der Waals surface area contributed by atoms with Gasteiger partial charge in [-0.1, -0.05) is 0 Å². The predicted octanol–water partition coefficient (Wildman–Crippen LogP) is -3.47. The minimum atomic E-state index is -1.32. The van der Waals surface area contributed by atoms with Crippen molar-refractivity contribution < 1.29 is 51.0 Å². The van der Waals surface area contributed by atoms with Crippen molar-refractivity contribution in [2.24, 2.45) is 0 Å². The van der Waals surface area contributed by atoms with Crippen molar-refractivity contribution in [3.8, 4) is 0 Å². The molecular formula is C9H15Cl2OSiTi. The summed E-state index contributed by atoms with van der Waals surface area (Å²) in [4.78, 5) is 0. The van der Waals surface area contributed by atoms with Crippen molar-refractivity contribution in [2.75, 3.05) is 6.61 Å². The fourth-order valence-corrected chi connectivity index (χ4v) is 1.43. The molecule has 0 amide bonds. The standard InChI is InChI=1S/C9H15OSi.2ClH.Ti/c1-11(2,3)10-8-9-6-4-5-7-9;;;/h4,6H,5,8H2,1-3H3;2*1H;/q-1;;;+3/p-2. The molecule has 0 spiro atoms. The summed E-state index contributed by atoms with van der Waals surface area (Å²) in [6.45, 7) is 7.36. The molecule has 5 heteroatoms. The minimum absolute atomic E-state index is 0. The summed E-state index contributed by atoms with van der Waals surface area (Å²) in [7, 11) is -1.32. The van der Waals surface area contributed by atoms with Crippen molar-refractivity contribution in [2.45, 2.75) is 26.1 Å². The van der Waals surface area contributed by atoms with Gasteiger partial charge in [0.25, 0.3) is 0 Å². The van der Waals surface area contributed by atoms with E-state index in [-0.39, 0.29) is 46.5 Å². The number of hydrogen-bond donors (Lipinski definition) is 0. The summed E-state index contributed by atoms with van der Waals surface area (Å²) in [5.41, 5.74) is 1.22. The largest absolute Gasteiger partial charge is 3.00 e. The molecule has 1 rings (SSSR count). The summed E-state index contributed by atoms with van der Waals surface area (Å²) < 4.78 is 5.70. The Morgan fingerprint density at radius 3 is 2.29 bits per heavy atom. The minimum Gasteiger partial charge on any atom is -1.00 e. The quantitative estimate of drug-likeness (QED) is 0.387. The van der Waals surface area contributed by atoms with E-state index in [0.29, 0.717) is 0 Å². The van der Waals surface area contributed by atoms with E-state index in [1.165, 1.54) is 5.57 Å². The van der Waals surface area contributed by atoms with Gasteiger partial charge in [0.1, 0.15) is 0 Å². The molecule has 1 nitrogen and oxygen atoms in total. The van der Waals surface area contributed by atoms with Crippen molar-refractivity contribution in [3.05, 3.63) is 23.8 Å². The Kier molecular flexibility index (Phi) is 13.4. The van der Waals surface area contributed by atoms with Crippen LogP contribution in [0.3, 0.4) is 0 Å². The van der Waals surface area contributed by atoms with Gasteiger partial charge in [-0.25, -0.2) is 6.08 Å². The molecule has 0 heterocycles. The topological polar surface area (TPSA) is 9.23 Å². The summed E-state index contributed by atoms with van der Waals surface area (Å²) in [6.07, 6.45) is 8.41. The van der Waals surface area contributed by atoms with Gasteiger partial charge in [-0.15, -0.1) is 6.42 Å². The molecule has 0 aromatic heterocycles. The van der Waals surface area contributed by atoms with Gasteiger partial charge in [0.2, 0.25) is 0 Å². The van der Waals surface area contributed by atoms with Crippen molar-refractivity contribution in [3.63, 3.8) is 0 Å². The van der Waals surface area contributed by atoms with Gasteiger partial charge in [0.15, 0.2) is 8.32 Å². The van der Waals surface area contributed by atoms with Crippen LogP contribution in [0.15, 0.2) is 17.7 Å². The molecule has 0 saturated carbocycles. The number of allylic oxidation sites excluding steroid dienone is 2. The van der Waals surface area contributed by atoms with Crippen LogP contribution in [0.4, 0.5) is 0 Å².